The molecule has 18 heavy (non-hydrogen) atoms. The summed E-state index contributed by atoms with van der Waals surface area (Å²) < 4.78 is 5.01. The quantitative estimate of drug-likeness (QED) is 0.771. The molecule has 0 fully saturated rings. The van der Waals surface area contributed by atoms with Gasteiger partial charge in [-0.1, -0.05) is 12.1 Å². The van der Waals surface area contributed by atoms with Gasteiger partial charge in [-0.3, -0.25) is 9.59 Å². The van der Waals surface area contributed by atoms with E-state index in [0.29, 0.717) is 0 Å². The highest BCUT2D eigenvalue weighted by molar-refractivity contribution is 5.94. The summed E-state index contributed by atoms with van der Waals surface area (Å²) in [5.74, 6) is -0.780. The molecule has 0 spiro atoms. The molecule has 5 nitrogen and oxygen atoms in total. The molecule has 0 saturated carbocycles. The number of ether oxygens (including phenoxy) is 1. The number of carbonyl (C=O) groups is 2. The van der Waals surface area contributed by atoms with Crippen molar-refractivity contribution in [1.29, 1.82) is 0 Å². The SMILES string of the molecule is COc1ccc(C=CC(=O)N[C@@H](C)C(=O)O)cc1. The first-order chi connectivity index (χ1) is 8.52. The number of benzene rings is 1. The van der Waals surface area contributed by atoms with E-state index >= 15 is 0 Å². The molecule has 96 valence electrons. The van der Waals surface area contributed by atoms with Crippen molar-refractivity contribution in [3.63, 3.8) is 0 Å². The van der Waals surface area contributed by atoms with Crippen LogP contribution in [-0.4, -0.2) is 30.1 Å². The van der Waals surface area contributed by atoms with Crippen molar-refractivity contribution in [3.05, 3.63) is 35.9 Å². The number of carboxylic acids is 1. The van der Waals surface area contributed by atoms with Crippen LogP contribution in [0.4, 0.5) is 0 Å². The highest BCUT2D eigenvalue weighted by Gasteiger charge is 2.11. The van der Waals surface area contributed by atoms with Crippen LogP contribution < -0.4 is 10.1 Å². The van der Waals surface area contributed by atoms with Crippen molar-refractivity contribution in [2.24, 2.45) is 0 Å². The van der Waals surface area contributed by atoms with E-state index < -0.39 is 17.9 Å². The summed E-state index contributed by atoms with van der Waals surface area (Å²) in [6.45, 7) is 1.40. The Labute approximate surface area is 105 Å². The Hall–Kier alpha value is -2.30. The van der Waals surface area contributed by atoms with Crippen molar-refractivity contribution >= 4 is 18.0 Å². The zero-order chi connectivity index (χ0) is 13.5. The van der Waals surface area contributed by atoms with Gasteiger partial charge in [0.25, 0.3) is 0 Å². The molecule has 0 aromatic heterocycles. The standard InChI is InChI=1S/C13H15NO4/c1-9(13(16)17)14-12(15)8-5-10-3-6-11(18-2)7-4-10/h3-9H,1-2H3,(H,14,15)(H,16,17)/t9-/m0/s1. The number of carbonyl (C=O) groups excluding carboxylic acids is 1. The maximum absolute atomic E-state index is 11.4. The second kappa shape index (κ2) is 6.44. The average molecular weight is 249 g/mol. The van der Waals surface area contributed by atoms with Crippen LogP contribution in [0.2, 0.25) is 0 Å². The number of rotatable bonds is 5. The van der Waals surface area contributed by atoms with E-state index in [9.17, 15) is 9.59 Å². The molecular formula is C13H15NO4. The second-order valence-corrected chi connectivity index (χ2v) is 3.68. The summed E-state index contributed by atoms with van der Waals surface area (Å²) in [7, 11) is 1.57. The molecule has 1 aromatic carbocycles. The van der Waals surface area contributed by atoms with Crippen molar-refractivity contribution in [3.8, 4) is 5.75 Å². The Bertz CT molecular complexity index is 451. The molecule has 0 aliphatic carbocycles. The minimum atomic E-state index is -1.07. The van der Waals surface area contributed by atoms with E-state index in [1.54, 1.807) is 37.5 Å². The highest BCUT2D eigenvalue weighted by atomic mass is 16.5. The molecule has 0 saturated heterocycles. The highest BCUT2D eigenvalue weighted by Crippen LogP contribution is 2.12. The van der Waals surface area contributed by atoms with Crippen LogP contribution in [0.25, 0.3) is 6.08 Å². The van der Waals surface area contributed by atoms with Gasteiger partial charge in [0.2, 0.25) is 5.91 Å². The summed E-state index contributed by atoms with van der Waals surface area (Å²) >= 11 is 0. The van der Waals surface area contributed by atoms with Gasteiger partial charge in [-0.15, -0.1) is 0 Å². The van der Waals surface area contributed by atoms with Crippen LogP contribution in [0.1, 0.15) is 12.5 Å². The minimum absolute atomic E-state index is 0.444. The summed E-state index contributed by atoms with van der Waals surface area (Å²) in [6, 6.07) is 6.24. The molecule has 2 N–H and O–H groups in total. The van der Waals surface area contributed by atoms with Gasteiger partial charge < -0.3 is 15.2 Å². The lowest BCUT2D eigenvalue weighted by Crippen LogP contribution is -2.37. The number of amides is 1. The molecule has 1 amide bonds. The Morgan fingerprint density at radius 3 is 2.44 bits per heavy atom. The molecule has 0 unspecified atom stereocenters. The normalized spacial score (nSPS) is 12.1. The Morgan fingerprint density at radius 1 is 1.33 bits per heavy atom. The van der Waals surface area contributed by atoms with Crippen molar-refractivity contribution in [2.45, 2.75) is 13.0 Å². The topological polar surface area (TPSA) is 75.6 Å². The maximum atomic E-state index is 11.4. The summed E-state index contributed by atoms with van der Waals surface area (Å²) in [6.07, 6.45) is 2.89. The van der Waals surface area contributed by atoms with Crippen LogP contribution >= 0.6 is 0 Å². The average Bonchev–Trinajstić information content (AvgIpc) is 2.36. The molecular weight excluding hydrogens is 234 g/mol. The number of hydrogen-bond donors (Lipinski definition) is 2. The molecule has 1 atom stereocenters. The third-order valence-corrected chi connectivity index (χ3v) is 2.27. The zero-order valence-electron chi connectivity index (χ0n) is 10.2. The third kappa shape index (κ3) is 4.29. The summed E-state index contributed by atoms with van der Waals surface area (Å²) in [5, 5.41) is 10.9. The molecule has 1 aromatic rings. The Morgan fingerprint density at radius 2 is 1.94 bits per heavy atom. The fraction of sp³-hybridized carbons (Fsp3) is 0.231. The number of methoxy groups -OCH3 is 1. The molecule has 5 heteroatoms. The van der Waals surface area contributed by atoms with Crippen molar-refractivity contribution < 1.29 is 19.4 Å². The number of carboxylic acid groups (broad SMARTS) is 1. The maximum Gasteiger partial charge on any atom is 0.325 e. The van der Waals surface area contributed by atoms with E-state index in [2.05, 4.69) is 5.32 Å². The predicted octanol–water partition coefficient (Wildman–Crippen LogP) is 1.30. The lowest BCUT2D eigenvalue weighted by molar-refractivity contribution is -0.140. The first kappa shape index (κ1) is 13.8. The van der Waals surface area contributed by atoms with Crippen LogP contribution in [0.3, 0.4) is 0 Å². The smallest absolute Gasteiger partial charge is 0.325 e. The predicted molar refractivity (Wildman–Crippen MR) is 67.3 cm³/mol. The van der Waals surface area contributed by atoms with E-state index in [0.717, 1.165) is 11.3 Å². The second-order valence-electron chi connectivity index (χ2n) is 3.68. The monoisotopic (exact) mass is 249 g/mol. The van der Waals surface area contributed by atoms with Gasteiger partial charge in [0.05, 0.1) is 7.11 Å². The number of aliphatic carboxylic acids is 1. The van der Waals surface area contributed by atoms with E-state index in [-0.39, 0.29) is 0 Å². The molecule has 0 heterocycles. The van der Waals surface area contributed by atoms with Crippen LogP contribution in [0, 0.1) is 0 Å². The first-order valence-electron chi connectivity index (χ1n) is 5.38. The molecule has 1 rings (SSSR count). The Kier molecular flexibility index (Phi) is 4.92. The third-order valence-electron chi connectivity index (χ3n) is 2.27. The van der Waals surface area contributed by atoms with Gasteiger partial charge in [0.15, 0.2) is 0 Å². The van der Waals surface area contributed by atoms with Gasteiger partial charge >= 0.3 is 5.97 Å². The molecule has 0 aliphatic heterocycles. The summed E-state index contributed by atoms with van der Waals surface area (Å²) in [5.41, 5.74) is 0.828. The van der Waals surface area contributed by atoms with E-state index in [1.165, 1.54) is 13.0 Å². The van der Waals surface area contributed by atoms with Gasteiger partial charge in [-0.05, 0) is 30.7 Å². The van der Waals surface area contributed by atoms with Crippen LogP contribution in [0.5, 0.6) is 5.75 Å². The fourth-order valence-electron chi connectivity index (χ4n) is 1.21. The number of nitrogens with one attached hydrogen (secondary N) is 1. The molecule has 0 aliphatic rings. The lowest BCUT2D eigenvalue weighted by Gasteiger charge is -2.05. The first-order valence-corrected chi connectivity index (χ1v) is 5.38. The van der Waals surface area contributed by atoms with E-state index in [1.807, 2.05) is 0 Å². The van der Waals surface area contributed by atoms with E-state index in [4.69, 9.17) is 9.84 Å². The molecule has 0 bridgehead atoms. The van der Waals surface area contributed by atoms with Gasteiger partial charge in [0.1, 0.15) is 11.8 Å². The molecule has 0 radical (unpaired) electrons. The summed E-state index contributed by atoms with van der Waals surface area (Å²) in [4.78, 5) is 21.9. The largest absolute Gasteiger partial charge is 0.497 e. The van der Waals surface area contributed by atoms with Gasteiger partial charge in [-0.25, -0.2) is 0 Å². The zero-order valence-corrected chi connectivity index (χ0v) is 10.2. The van der Waals surface area contributed by atoms with Gasteiger partial charge in [-0.2, -0.15) is 0 Å². The minimum Gasteiger partial charge on any atom is -0.497 e. The van der Waals surface area contributed by atoms with Crippen molar-refractivity contribution in [2.75, 3.05) is 7.11 Å². The van der Waals surface area contributed by atoms with Crippen LogP contribution in [-0.2, 0) is 9.59 Å². The van der Waals surface area contributed by atoms with Crippen molar-refractivity contribution in [1.82, 2.24) is 5.32 Å². The Balaban J connectivity index is 2.57. The van der Waals surface area contributed by atoms with Crippen LogP contribution in [0.15, 0.2) is 30.3 Å². The fourth-order valence-corrected chi connectivity index (χ4v) is 1.21. The van der Waals surface area contributed by atoms with Gasteiger partial charge in [0, 0.05) is 6.08 Å². The lowest BCUT2D eigenvalue weighted by atomic mass is 10.2. The number of hydrogen-bond acceptors (Lipinski definition) is 3.